The maximum absolute atomic E-state index is 12.9. The number of rotatable bonds is 8. The number of amides is 1. The van der Waals surface area contributed by atoms with Crippen molar-refractivity contribution in [2.45, 2.75) is 26.9 Å². The summed E-state index contributed by atoms with van der Waals surface area (Å²) in [5.74, 6) is 0.916. The Morgan fingerprint density at radius 3 is 2.36 bits per heavy atom. The lowest BCUT2D eigenvalue weighted by Crippen LogP contribution is -2.46. The number of aromatic nitrogens is 1. The molecule has 36 heavy (non-hydrogen) atoms. The van der Waals surface area contributed by atoms with E-state index in [1.807, 2.05) is 48.7 Å². The molecular formula is C28H34N4O4. The molecular weight excluding hydrogens is 456 g/mol. The number of aryl methyl sites for hydroxylation is 1. The fraction of sp³-hybridized carbons (Fsp3) is 0.357. The lowest BCUT2D eigenvalue weighted by molar-refractivity contribution is -0.116. The van der Waals surface area contributed by atoms with Gasteiger partial charge in [0.05, 0.1) is 20.4 Å². The van der Waals surface area contributed by atoms with Crippen molar-refractivity contribution in [3.05, 3.63) is 81.8 Å². The molecule has 190 valence electrons. The molecule has 8 heteroatoms. The molecule has 1 fully saturated rings. The largest absolute Gasteiger partial charge is 0.497 e. The fourth-order valence-corrected chi connectivity index (χ4v) is 4.45. The zero-order valence-electron chi connectivity index (χ0n) is 21.4. The predicted octanol–water partition coefficient (Wildman–Crippen LogP) is 3.44. The number of carbonyl (C=O) groups excluding carboxylic acids is 1. The molecule has 3 aromatic rings. The van der Waals surface area contributed by atoms with Gasteiger partial charge in [-0.25, -0.2) is 0 Å². The lowest BCUT2D eigenvalue weighted by Gasteiger charge is -2.36. The molecule has 0 radical (unpaired) electrons. The predicted molar refractivity (Wildman–Crippen MR) is 142 cm³/mol. The molecule has 0 saturated carbocycles. The third-order valence-electron chi connectivity index (χ3n) is 6.79. The van der Waals surface area contributed by atoms with E-state index in [0.29, 0.717) is 6.54 Å². The van der Waals surface area contributed by atoms with E-state index in [2.05, 4.69) is 27.2 Å². The molecule has 1 aliphatic rings. The quantitative estimate of drug-likeness (QED) is 0.521. The van der Waals surface area contributed by atoms with Crippen LogP contribution in [0.25, 0.3) is 0 Å². The van der Waals surface area contributed by atoms with Crippen LogP contribution in [0.15, 0.2) is 59.5 Å². The van der Waals surface area contributed by atoms with Gasteiger partial charge < -0.3 is 24.3 Å². The van der Waals surface area contributed by atoms with E-state index in [4.69, 9.17) is 9.47 Å². The van der Waals surface area contributed by atoms with E-state index in [9.17, 15) is 9.59 Å². The van der Waals surface area contributed by atoms with Crippen molar-refractivity contribution in [2.75, 3.05) is 50.6 Å². The van der Waals surface area contributed by atoms with Crippen molar-refractivity contribution in [2.24, 2.45) is 0 Å². The van der Waals surface area contributed by atoms with Crippen LogP contribution in [0.4, 0.5) is 11.4 Å². The van der Waals surface area contributed by atoms with Crippen LogP contribution in [0, 0.1) is 13.8 Å². The van der Waals surface area contributed by atoms with Crippen LogP contribution >= 0.6 is 0 Å². The van der Waals surface area contributed by atoms with Crippen molar-refractivity contribution in [3.8, 4) is 11.5 Å². The molecule has 1 N–H and O–H groups in total. The summed E-state index contributed by atoms with van der Waals surface area (Å²) in [6.45, 7) is 8.12. The smallest absolute Gasteiger partial charge is 0.244 e. The van der Waals surface area contributed by atoms with Gasteiger partial charge in [0.1, 0.15) is 12.3 Å². The van der Waals surface area contributed by atoms with Gasteiger partial charge in [0.25, 0.3) is 0 Å². The summed E-state index contributed by atoms with van der Waals surface area (Å²) in [6, 6.07) is 15.5. The van der Waals surface area contributed by atoms with Crippen LogP contribution < -0.4 is 25.1 Å². The number of nitrogens with one attached hydrogen (secondary N) is 1. The Kier molecular flexibility index (Phi) is 7.95. The van der Waals surface area contributed by atoms with E-state index in [-0.39, 0.29) is 23.6 Å². The number of carbonyl (C=O) groups is 1. The Bertz CT molecular complexity index is 1260. The normalized spacial score (nSPS) is 13.9. The molecule has 0 bridgehead atoms. The summed E-state index contributed by atoms with van der Waals surface area (Å²) >= 11 is 0. The number of pyridine rings is 1. The standard InChI is InChI=1S/C28H34N4O4/c1-20-6-5-7-25(21(20)2)29-28(34)19-32-18-27(36-4)26(33)16-23(32)17-30-12-14-31(15-13-30)22-8-10-24(35-3)11-9-22/h5-11,16,18H,12-15,17,19H2,1-4H3,(H,29,34). The Balaban J connectivity index is 1.45. The van der Waals surface area contributed by atoms with Crippen LogP contribution in [-0.4, -0.2) is 55.8 Å². The van der Waals surface area contributed by atoms with Gasteiger partial charge in [0, 0.05) is 55.9 Å². The number of benzene rings is 2. The first kappa shape index (κ1) is 25.3. The second-order valence-corrected chi connectivity index (χ2v) is 9.08. The number of nitrogens with zero attached hydrogens (tertiary/aromatic N) is 3. The van der Waals surface area contributed by atoms with Crippen LogP contribution in [0.1, 0.15) is 16.8 Å². The first-order valence-electron chi connectivity index (χ1n) is 12.1. The highest BCUT2D eigenvalue weighted by Crippen LogP contribution is 2.22. The molecule has 1 amide bonds. The molecule has 2 aromatic carbocycles. The van der Waals surface area contributed by atoms with Crippen molar-refractivity contribution >= 4 is 17.3 Å². The minimum absolute atomic E-state index is 0.0885. The minimum Gasteiger partial charge on any atom is -0.497 e. The SMILES string of the molecule is COc1ccc(N2CCN(Cc3cc(=O)c(OC)cn3CC(=O)Nc3cccc(C)c3C)CC2)cc1. The van der Waals surface area contributed by atoms with Crippen LogP contribution in [0.3, 0.4) is 0 Å². The van der Waals surface area contributed by atoms with Gasteiger partial charge in [-0.05, 0) is 55.3 Å². The first-order valence-corrected chi connectivity index (χ1v) is 12.1. The molecule has 1 saturated heterocycles. The van der Waals surface area contributed by atoms with Crippen molar-refractivity contribution in [3.63, 3.8) is 0 Å². The summed E-state index contributed by atoms with van der Waals surface area (Å²) in [7, 11) is 3.13. The molecule has 8 nitrogen and oxygen atoms in total. The van der Waals surface area contributed by atoms with Crippen molar-refractivity contribution in [1.29, 1.82) is 0 Å². The van der Waals surface area contributed by atoms with Gasteiger partial charge in [0.2, 0.25) is 11.3 Å². The number of hydrogen-bond acceptors (Lipinski definition) is 6. The highest BCUT2D eigenvalue weighted by molar-refractivity contribution is 5.91. The van der Waals surface area contributed by atoms with Crippen LogP contribution in [0.2, 0.25) is 0 Å². The van der Waals surface area contributed by atoms with E-state index < -0.39 is 0 Å². The van der Waals surface area contributed by atoms with Crippen molar-refractivity contribution in [1.82, 2.24) is 9.47 Å². The molecule has 0 spiro atoms. The maximum Gasteiger partial charge on any atom is 0.244 e. The zero-order valence-corrected chi connectivity index (χ0v) is 21.4. The molecule has 0 unspecified atom stereocenters. The minimum atomic E-state index is -0.185. The Morgan fingerprint density at radius 1 is 0.972 bits per heavy atom. The zero-order chi connectivity index (χ0) is 25.7. The highest BCUT2D eigenvalue weighted by Gasteiger charge is 2.20. The second-order valence-electron chi connectivity index (χ2n) is 9.08. The lowest BCUT2D eigenvalue weighted by atomic mass is 10.1. The monoisotopic (exact) mass is 490 g/mol. The number of piperazine rings is 1. The Hall–Kier alpha value is -3.78. The number of anilines is 2. The fourth-order valence-electron chi connectivity index (χ4n) is 4.45. The molecule has 1 aliphatic heterocycles. The highest BCUT2D eigenvalue weighted by atomic mass is 16.5. The van der Waals surface area contributed by atoms with Gasteiger partial charge in [-0.15, -0.1) is 0 Å². The summed E-state index contributed by atoms with van der Waals surface area (Å²) in [5.41, 5.74) is 4.72. The third-order valence-corrected chi connectivity index (χ3v) is 6.79. The Morgan fingerprint density at radius 2 is 1.69 bits per heavy atom. The van der Waals surface area contributed by atoms with Crippen LogP contribution in [0.5, 0.6) is 11.5 Å². The second kappa shape index (κ2) is 11.3. The number of ether oxygens (including phenoxy) is 2. The van der Waals surface area contributed by atoms with E-state index in [1.165, 1.54) is 12.8 Å². The summed E-state index contributed by atoms with van der Waals surface area (Å²) in [4.78, 5) is 30.1. The van der Waals surface area contributed by atoms with Crippen LogP contribution in [-0.2, 0) is 17.9 Å². The van der Waals surface area contributed by atoms with Gasteiger partial charge >= 0.3 is 0 Å². The van der Waals surface area contributed by atoms with Gasteiger partial charge in [-0.1, -0.05) is 12.1 Å². The summed E-state index contributed by atoms with van der Waals surface area (Å²) < 4.78 is 12.3. The maximum atomic E-state index is 12.9. The number of methoxy groups -OCH3 is 2. The topological polar surface area (TPSA) is 76.0 Å². The average molecular weight is 491 g/mol. The van der Waals surface area contributed by atoms with E-state index in [0.717, 1.165) is 54.4 Å². The average Bonchev–Trinajstić information content (AvgIpc) is 2.89. The number of hydrogen-bond donors (Lipinski definition) is 1. The van der Waals surface area contributed by atoms with Gasteiger partial charge in [0.15, 0.2) is 5.75 Å². The van der Waals surface area contributed by atoms with E-state index in [1.54, 1.807) is 19.4 Å². The van der Waals surface area contributed by atoms with Crippen molar-refractivity contribution < 1.29 is 14.3 Å². The molecule has 0 aliphatic carbocycles. The van der Waals surface area contributed by atoms with Gasteiger partial charge in [-0.3, -0.25) is 14.5 Å². The third kappa shape index (κ3) is 5.88. The first-order chi connectivity index (χ1) is 17.4. The summed E-state index contributed by atoms with van der Waals surface area (Å²) in [5, 5.41) is 3.01. The molecule has 1 aromatic heterocycles. The summed E-state index contributed by atoms with van der Waals surface area (Å²) in [6.07, 6.45) is 1.63. The van der Waals surface area contributed by atoms with Gasteiger partial charge in [-0.2, -0.15) is 0 Å². The van der Waals surface area contributed by atoms with E-state index >= 15 is 0 Å². The molecule has 4 rings (SSSR count). The molecule has 0 atom stereocenters. The molecule has 2 heterocycles. The Labute approximate surface area is 212 Å².